The molecule has 0 saturated heterocycles. The summed E-state index contributed by atoms with van der Waals surface area (Å²) in [6, 6.07) is 19.9. The zero-order valence-corrected chi connectivity index (χ0v) is 11.0. The normalized spacial score (nSPS) is 13.6. The summed E-state index contributed by atoms with van der Waals surface area (Å²) in [5, 5.41) is 10.4. The van der Waals surface area contributed by atoms with Gasteiger partial charge in [0.15, 0.2) is 0 Å². The van der Waals surface area contributed by atoms with Crippen LogP contribution < -0.4 is 0 Å². The molecule has 0 aliphatic heterocycles. The van der Waals surface area contributed by atoms with Crippen molar-refractivity contribution < 1.29 is 0 Å². The Labute approximate surface area is 113 Å². The summed E-state index contributed by atoms with van der Waals surface area (Å²) in [4.78, 5) is 0. The molecule has 0 radical (unpaired) electrons. The zero-order valence-electron chi connectivity index (χ0n) is 10.2. The standard InChI is InChI=1S/C16H14ClN/c1-2-16(12-18,13-6-4-3-5-7-13)14-8-10-15(17)11-9-14/h3-11H,2H2,1H3. The van der Waals surface area contributed by atoms with Crippen LogP contribution in [0.1, 0.15) is 24.5 Å². The first kappa shape index (κ1) is 12.7. The first-order chi connectivity index (χ1) is 8.73. The van der Waals surface area contributed by atoms with Crippen LogP contribution in [0.25, 0.3) is 0 Å². The third kappa shape index (κ3) is 2.12. The fourth-order valence-corrected chi connectivity index (χ4v) is 2.37. The highest BCUT2D eigenvalue weighted by Gasteiger charge is 2.32. The fourth-order valence-electron chi connectivity index (χ4n) is 2.24. The molecule has 1 nitrogen and oxygen atoms in total. The summed E-state index contributed by atoms with van der Waals surface area (Å²) in [5.74, 6) is 0. The molecule has 1 unspecified atom stereocenters. The molecule has 90 valence electrons. The van der Waals surface area contributed by atoms with Crippen LogP contribution in [0.5, 0.6) is 0 Å². The van der Waals surface area contributed by atoms with Crippen molar-refractivity contribution in [3.05, 3.63) is 70.7 Å². The van der Waals surface area contributed by atoms with Crippen LogP contribution in [-0.4, -0.2) is 0 Å². The van der Waals surface area contributed by atoms with E-state index < -0.39 is 5.41 Å². The molecule has 2 aromatic rings. The molecular weight excluding hydrogens is 242 g/mol. The summed E-state index contributed by atoms with van der Waals surface area (Å²) < 4.78 is 0. The van der Waals surface area contributed by atoms with Crippen LogP contribution in [0.2, 0.25) is 5.02 Å². The van der Waals surface area contributed by atoms with Gasteiger partial charge in [-0.2, -0.15) is 5.26 Å². The summed E-state index contributed by atoms with van der Waals surface area (Å²) in [7, 11) is 0. The second-order valence-electron chi connectivity index (χ2n) is 4.24. The second-order valence-corrected chi connectivity index (χ2v) is 4.68. The minimum Gasteiger partial charge on any atom is -0.197 e. The minimum atomic E-state index is -0.591. The van der Waals surface area contributed by atoms with Gasteiger partial charge < -0.3 is 0 Å². The highest BCUT2D eigenvalue weighted by atomic mass is 35.5. The van der Waals surface area contributed by atoms with Crippen molar-refractivity contribution in [2.45, 2.75) is 18.8 Å². The Morgan fingerprint density at radius 3 is 2.06 bits per heavy atom. The van der Waals surface area contributed by atoms with E-state index in [9.17, 15) is 5.26 Å². The Morgan fingerprint density at radius 2 is 1.56 bits per heavy atom. The molecule has 0 heterocycles. The van der Waals surface area contributed by atoms with Crippen LogP contribution in [0.3, 0.4) is 0 Å². The quantitative estimate of drug-likeness (QED) is 0.789. The molecule has 2 aromatic carbocycles. The van der Waals surface area contributed by atoms with Gasteiger partial charge in [0, 0.05) is 5.02 Å². The molecule has 0 amide bonds. The summed E-state index contributed by atoms with van der Waals surface area (Å²) in [6.07, 6.45) is 0.731. The lowest BCUT2D eigenvalue weighted by Crippen LogP contribution is -2.24. The van der Waals surface area contributed by atoms with Crippen molar-refractivity contribution in [2.24, 2.45) is 0 Å². The maximum Gasteiger partial charge on any atom is 0.107 e. The van der Waals surface area contributed by atoms with E-state index in [0.29, 0.717) is 5.02 Å². The average Bonchev–Trinajstić information content (AvgIpc) is 2.44. The van der Waals surface area contributed by atoms with E-state index in [1.54, 1.807) is 0 Å². The van der Waals surface area contributed by atoms with E-state index in [1.165, 1.54) is 0 Å². The van der Waals surface area contributed by atoms with Crippen molar-refractivity contribution >= 4 is 11.6 Å². The minimum absolute atomic E-state index is 0.591. The zero-order chi connectivity index (χ0) is 13.0. The van der Waals surface area contributed by atoms with E-state index in [1.807, 2.05) is 61.5 Å². The highest BCUT2D eigenvalue weighted by molar-refractivity contribution is 6.30. The number of benzene rings is 2. The van der Waals surface area contributed by atoms with E-state index in [0.717, 1.165) is 17.5 Å². The molecule has 0 bridgehead atoms. The van der Waals surface area contributed by atoms with Gasteiger partial charge in [-0.25, -0.2) is 0 Å². The van der Waals surface area contributed by atoms with Crippen molar-refractivity contribution in [2.75, 3.05) is 0 Å². The van der Waals surface area contributed by atoms with E-state index in [4.69, 9.17) is 11.6 Å². The van der Waals surface area contributed by atoms with Crippen molar-refractivity contribution in [3.63, 3.8) is 0 Å². The third-order valence-corrected chi connectivity index (χ3v) is 3.58. The molecule has 0 spiro atoms. The van der Waals surface area contributed by atoms with Gasteiger partial charge in [-0.3, -0.25) is 0 Å². The van der Waals surface area contributed by atoms with Crippen LogP contribution in [0.15, 0.2) is 54.6 Å². The summed E-state index contributed by atoms with van der Waals surface area (Å²) in [5.41, 5.74) is 1.42. The molecule has 0 N–H and O–H groups in total. The molecule has 0 fully saturated rings. The summed E-state index contributed by atoms with van der Waals surface area (Å²) >= 11 is 5.91. The maximum atomic E-state index is 9.67. The number of hydrogen-bond donors (Lipinski definition) is 0. The van der Waals surface area contributed by atoms with Gasteiger partial charge in [0.25, 0.3) is 0 Å². The highest BCUT2D eigenvalue weighted by Crippen LogP contribution is 2.35. The lowest BCUT2D eigenvalue weighted by atomic mass is 9.74. The summed E-state index contributed by atoms with van der Waals surface area (Å²) in [6.45, 7) is 2.03. The molecule has 0 saturated carbocycles. The molecule has 2 rings (SSSR count). The number of nitriles is 1. The Kier molecular flexibility index (Phi) is 3.69. The number of hydrogen-bond acceptors (Lipinski definition) is 1. The lowest BCUT2D eigenvalue weighted by Gasteiger charge is -2.26. The van der Waals surface area contributed by atoms with Crippen LogP contribution in [-0.2, 0) is 5.41 Å². The van der Waals surface area contributed by atoms with Gasteiger partial charge in [-0.1, -0.05) is 61.0 Å². The largest absolute Gasteiger partial charge is 0.197 e. The Bertz CT molecular complexity index is 554. The fraction of sp³-hybridized carbons (Fsp3) is 0.188. The van der Waals surface area contributed by atoms with Crippen LogP contribution in [0, 0.1) is 11.3 Å². The molecular formula is C16H14ClN. The van der Waals surface area contributed by atoms with Gasteiger partial charge in [-0.05, 0) is 29.7 Å². The predicted octanol–water partition coefficient (Wildman–Crippen LogP) is 4.56. The second kappa shape index (κ2) is 5.25. The third-order valence-electron chi connectivity index (χ3n) is 3.32. The number of rotatable bonds is 3. The monoisotopic (exact) mass is 255 g/mol. The van der Waals surface area contributed by atoms with Crippen molar-refractivity contribution in [1.82, 2.24) is 0 Å². The first-order valence-electron chi connectivity index (χ1n) is 5.96. The van der Waals surface area contributed by atoms with E-state index in [2.05, 4.69) is 6.07 Å². The van der Waals surface area contributed by atoms with Gasteiger partial charge >= 0.3 is 0 Å². The molecule has 0 aliphatic rings. The molecule has 1 atom stereocenters. The van der Waals surface area contributed by atoms with Gasteiger partial charge in [0.1, 0.15) is 5.41 Å². The van der Waals surface area contributed by atoms with Crippen molar-refractivity contribution in [3.8, 4) is 6.07 Å². The predicted molar refractivity (Wildman–Crippen MR) is 74.6 cm³/mol. The molecule has 2 heteroatoms. The Balaban J connectivity index is 2.58. The molecule has 0 aromatic heterocycles. The average molecular weight is 256 g/mol. The van der Waals surface area contributed by atoms with Crippen molar-refractivity contribution in [1.29, 1.82) is 5.26 Å². The van der Waals surface area contributed by atoms with Crippen LogP contribution >= 0.6 is 11.6 Å². The smallest absolute Gasteiger partial charge is 0.107 e. The first-order valence-corrected chi connectivity index (χ1v) is 6.33. The van der Waals surface area contributed by atoms with Crippen LogP contribution in [0.4, 0.5) is 0 Å². The number of nitrogens with zero attached hydrogens (tertiary/aromatic N) is 1. The van der Waals surface area contributed by atoms with E-state index >= 15 is 0 Å². The molecule has 0 aliphatic carbocycles. The Morgan fingerprint density at radius 1 is 1.00 bits per heavy atom. The topological polar surface area (TPSA) is 23.8 Å². The van der Waals surface area contributed by atoms with Gasteiger partial charge in [0.2, 0.25) is 0 Å². The Hall–Kier alpha value is -1.78. The lowest BCUT2D eigenvalue weighted by molar-refractivity contribution is 0.632. The number of halogens is 1. The SMILES string of the molecule is CCC(C#N)(c1ccccc1)c1ccc(Cl)cc1. The van der Waals surface area contributed by atoms with E-state index in [-0.39, 0.29) is 0 Å². The van der Waals surface area contributed by atoms with Gasteiger partial charge in [-0.15, -0.1) is 0 Å². The maximum absolute atomic E-state index is 9.67. The molecule has 18 heavy (non-hydrogen) atoms. The van der Waals surface area contributed by atoms with Gasteiger partial charge in [0.05, 0.1) is 6.07 Å².